The van der Waals surface area contributed by atoms with Crippen molar-refractivity contribution in [3.8, 4) is 0 Å². The number of rotatable bonds is 5. The number of alkyl halides is 3. The van der Waals surface area contributed by atoms with Crippen molar-refractivity contribution in [2.45, 2.75) is 18.8 Å². The van der Waals surface area contributed by atoms with Crippen molar-refractivity contribution >= 4 is 17.5 Å². The number of aromatic nitrogens is 2. The number of hydrogen-bond donors (Lipinski definition) is 1. The van der Waals surface area contributed by atoms with Gasteiger partial charge in [0.25, 0.3) is 0 Å². The maximum atomic E-state index is 12.6. The van der Waals surface area contributed by atoms with E-state index < -0.39 is 23.8 Å². The summed E-state index contributed by atoms with van der Waals surface area (Å²) in [7, 11) is 0. The van der Waals surface area contributed by atoms with Gasteiger partial charge in [0.05, 0.1) is 6.04 Å². The summed E-state index contributed by atoms with van der Waals surface area (Å²) in [6.45, 7) is -0.326. The van der Waals surface area contributed by atoms with Gasteiger partial charge in [0.2, 0.25) is 5.91 Å². The van der Waals surface area contributed by atoms with Gasteiger partial charge in [-0.2, -0.15) is 18.3 Å². The Morgan fingerprint density at radius 3 is 2.26 bits per heavy atom. The van der Waals surface area contributed by atoms with Crippen LogP contribution in [0.5, 0.6) is 0 Å². The van der Waals surface area contributed by atoms with Crippen LogP contribution in [0, 0.1) is 0 Å². The van der Waals surface area contributed by atoms with Gasteiger partial charge in [-0.25, -0.2) is 0 Å². The molecule has 1 atom stereocenters. The molecule has 0 aliphatic carbocycles. The molecule has 3 rings (SSSR count). The molecule has 0 saturated heterocycles. The van der Waals surface area contributed by atoms with Crippen LogP contribution in [0.4, 0.5) is 13.2 Å². The van der Waals surface area contributed by atoms with Gasteiger partial charge in [-0.15, -0.1) is 0 Å². The number of benzene rings is 2. The first kappa shape index (κ1) is 19.0. The number of halogens is 4. The summed E-state index contributed by atoms with van der Waals surface area (Å²) in [5.74, 6) is -0.462. The molecule has 27 heavy (non-hydrogen) atoms. The van der Waals surface area contributed by atoms with Gasteiger partial charge in [-0.05, 0) is 29.3 Å². The Morgan fingerprint density at radius 2 is 1.67 bits per heavy atom. The molecular formula is C19H15ClF3N3O. The van der Waals surface area contributed by atoms with Crippen LogP contribution in [0.3, 0.4) is 0 Å². The molecule has 0 spiro atoms. The zero-order valence-corrected chi connectivity index (χ0v) is 14.7. The molecule has 1 N–H and O–H groups in total. The van der Waals surface area contributed by atoms with Crippen LogP contribution in [0.1, 0.15) is 22.9 Å². The third-order valence-electron chi connectivity index (χ3n) is 3.88. The Kier molecular flexibility index (Phi) is 5.51. The lowest BCUT2D eigenvalue weighted by Crippen LogP contribution is -2.32. The van der Waals surface area contributed by atoms with Crippen LogP contribution in [-0.2, 0) is 17.5 Å². The molecule has 140 valence electrons. The smallest absolute Gasteiger partial charge is 0.344 e. The van der Waals surface area contributed by atoms with E-state index in [0.717, 1.165) is 28.1 Å². The van der Waals surface area contributed by atoms with Crippen molar-refractivity contribution in [1.82, 2.24) is 15.1 Å². The highest BCUT2D eigenvalue weighted by atomic mass is 35.5. The van der Waals surface area contributed by atoms with Gasteiger partial charge in [-0.1, -0.05) is 54.1 Å². The predicted octanol–water partition coefficient (Wildman–Crippen LogP) is 4.46. The molecule has 0 aliphatic heterocycles. The van der Waals surface area contributed by atoms with Gasteiger partial charge >= 0.3 is 6.18 Å². The fraction of sp³-hybridized carbons (Fsp3) is 0.158. The Balaban J connectivity index is 1.78. The van der Waals surface area contributed by atoms with Crippen LogP contribution in [0.25, 0.3) is 0 Å². The van der Waals surface area contributed by atoms with Crippen LogP contribution < -0.4 is 5.32 Å². The lowest BCUT2D eigenvalue weighted by molar-refractivity contribution is -0.141. The number of carbonyl (C=O) groups excluding carboxylic acids is 1. The summed E-state index contributed by atoms with van der Waals surface area (Å²) in [6.07, 6.45) is -3.42. The molecule has 8 heteroatoms. The second kappa shape index (κ2) is 7.84. The van der Waals surface area contributed by atoms with E-state index in [4.69, 9.17) is 11.6 Å². The summed E-state index contributed by atoms with van der Waals surface area (Å²) < 4.78 is 38.9. The molecule has 0 unspecified atom stereocenters. The molecular weight excluding hydrogens is 379 g/mol. The lowest BCUT2D eigenvalue weighted by atomic mass is 9.99. The first-order valence-electron chi connectivity index (χ1n) is 8.03. The van der Waals surface area contributed by atoms with Crippen molar-refractivity contribution in [2.75, 3.05) is 0 Å². The Hall–Kier alpha value is -2.80. The SMILES string of the molecule is O=C(Cn1ccc(C(F)(F)F)n1)N[C@H](c1ccccc1)c1ccc(Cl)cc1. The molecule has 4 nitrogen and oxygen atoms in total. The maximum absolute atomic E-state index is 12.6. The zero-order valence-electron chi connectivity index (χ0n) is 13.9. The predicted molar refractivity (Wildman–Crippen MR) is 95.1 cm³/mol. The quantitative estimate of drug-likeness (QED) is 0.695. The molecule has 0 aliphatic rings. The second-order valence-electron chi connectivity index (χ2n) is 5.86. The third kappa shape index (κ3) is 4.89. The fourth-order valence-corrected chi connectivity index (χ4v) is 2.74. The number of nitrogens with zero attached hydrogens (tertiary/aromatic N) is 2. The minimum Gasteiger partial charge on any atom is -0.344 e. The molecule has 3 aromatic rings. The van der Waals surface area contributed by atoms with Crippen molar-refractivity contribution in [3.63, 3.8) is 0 Å². The normalized spacial score (nSPS) is 12.6. The average Bonchev–Trinajstić information content (AvgIpc) is 3.10. The summed E-state index contributed by atoms with van der Waals surface area (Å²) in [4.78, 5) is 12.4. The highest BCUT2D eigenvalue weighted by Crippen LogP contribution is 2.27. The van der Waals surface area contributed by atoms with Crippen LogP contribution in [0.15, 0.2) is 66.9 Å². The molecule has 0 fully saturated rings. The Labute approximate surface area is 158 Å². The number of nitrogens with one attached hydrogen (secondary N) is 1. The van der Waals surface area contributed by atoms with Crippen molar-refractivity contribution in [3.05, 3.63) is 88.7 Å². The highest BCUT2D eigenvalue weighted by molar-refractivity contribution is 6.30. The van der Waals surface area contributed by atoms with Gasteiger partial charge < -0.3 is 5.32 Å². The minimum absolute atomic E-state index is 0.326. The molecule has 2 aromatic carbocycles. The van der Waals surface area contributed by atoms with Crippen molar-refractivity contribution in [2.24, 2.45) is 0 Å². The molecule has 0 saturated carbocycles. The van der Waals surface area contributed by atoms with Gasteiger partial charge in [0, 0.05) is 11.2 Å². The first-order valence-corrected chi connectivity index (χ1v) is 8.41. The Bertz CT molecular complexity index is 908. The largest absolute Gasteiger partial charge is 0.435 e. The van der Waals surface area contributed by atoms with Crippen molar-refractivity contribution in [1.29, 1.82) is 0 Å². The van der Waals surface area contributed by atoms with Crippen molar-refractivity contribution < 1.29 is 18.0 Å². The number of carbonyl (C=O) groups is 1. The lowest BCUT2D eigenvalue weighted by Gasteiger charge is -2.20. The van der Waals surface area contributed by atoms with Crippen LogP contribution in [-0.4, -0.2) is 15.7 Å². The third-order valence-corrected chi connectivity index (χ3v) is 4.13. The van der Waals surface area contributed by atoms with E-state index in [9.17, 15) is 18.0 Å². The van der Waals surface area contributed by atoms with Gasteiger partial charge in [-0.3, -0.25) is 9.48 Å². The van der Waals surface area contributed by atoms with E-state index in [1.165, 1.54) is 0 Å². The minimum atomic E-state index is -4.54. The van der Waals surface area contributed by atoms with E-state index in [1.807, 2.05) is 30.3 Å². The number of amides is 1. The number of hydrogen-bond acceptors (Lipinski definition) is 2. The summed E-state index contributed by atoms with van der Waals surface area (Å²) >= 11 is 5.92. The standard InChI is InChI=1S/C19H15ClF3N3O/c20-15-8-6-14(7-9-15)18(13-4-2-1-3-5-13)24-17(27)12-26-11-10-16(25-26)19(21,22)23/h1-11,18H,12H2,(H,24,27)/t18-/m1/s1. The summed E-state index contributed by atoms with van der Waals surface area (Å²) in [5, 5.41) is 6.80. The monoisotopic (exact) mass is 393 g/mol. The zero-order chi connectivity index (χ0) is 19.4. The molecule has 1 heterocycles. The molecule has 1 aromatic heterocycles. The van der Waals surface area contributed by atoms with Crippen LogP contribution >= 0.6 is 11.6 Å². The Morgan fingerprint density at radius 1 is 1.04 bits per heavy atom. The second-order valence-corrected chi connectivity index (χ2v) is 6.30. The maximum Gasteiger partial charge on any atom is 0.435 e. The highest BCUT2D eigenvalue weighted by Gasteiger charge is 2.33. The van der Waals surface area contributed by atoms with E-state index in [2.05, 4.69) is 10.4 Å². The van der Waals surface area contributed by atoms with Gasteiger partial charge in [0.15, 0.2) is 5.69 Å². The van der Waals surface area contributed by atoms with Gasteiger partial charge in [0.1, 0.15) is 6.54 Å². The van der Waals surface area contributed by atoms with E-state index in [0.29, 0.717) is 5.02 Å². The van der Waals surface area contributed by atoms with E-state index >= 15 is 0 Å². The average molecular weight is 394 g/mol. The molecule has 0 radical (unpaired) electrons. The summed E-state index contributed by atoms with van der Waals surface area (Å²) in [6, 6.07) is 16.6. The molecule has 0 bridgehead atoms. The van der Waals surface area contributed by atoms with E-state index in [1.54, 1.807) is 24.3 Å². The first-order chi connectivity index (χ1) is 12.8. The van der Waals surface area contributed by atoms with E-state index in [-0.39, 0.29) is 6.54 Å². The molecule has 1 amide bonds. The topological polar surface area (TPSA) is 46.9 Å². The fourth-order valence-electron chi connectivity index (χ4n) is 2.61. The summed E-state index contributed by atoms with van der Waals surface area (Å²) in [5.41, 5.74) is 0.604. The van der Waals surface area contributed by atoms with Crippen LogP contribution in [0.2, 0.25) is 5.02 Å².